The molecule has 120 valence electrons. The van der Waals surface area contributed by atoms with Crippen LogP contribution in [0.5, 0.6) is 5.75 Å². The minimum atomic E-state index is -0.517. The molecular weight excluding hydrogens is 334 g/mol. The van der Waals surface area contributed by atoms with E-state index in [-0.39, 0.29) is 33.4 Å². The quantitative estimate of drug-likeness (QED) is 0.624. The van der Waals surface area contributed by atoms with E-state index in [2.05, 4.69) is 0 Å². The number of nitro benzene ring substituents is 1. The Labute approximate surface area is 141 Å². The van der Waals surface area contributed by atoms with Crippen molar-refractivity contribution in [3.05, 3.63) is 80.1 Å². The fourth-order valence-electron chi connectivity index (χ4n) is 2.43. The molecule has 0 bridgehead atoms. The van der Waals surface area contributed by atoms with Crippen LogP contribution in [0.4, 0.5) is 5.69 Å². The van der Waals surface area contributed by atoms with Gasteiger partial charge in [0.25, 0.3) is 5.69 Å². The van der Waals surface area contributed by atoms with Gasteiger partial charge in [-0.15, -0.1) is 0 Å². The molecule has 0 radical (unpaired) electrons. The Kier molecular flexibility index (Phi) is 3.91. The van der Waals surface area contributed by atoms with Gasteiger partial charge in [0.05, 0.1) is 4.92 Å². The Bertz CT molecular complexity index is 932. The van der Waals surface area contributed by atoms with Crippen molar-refractivity contribution in [2.45, 2.75) is 6.92 Å². The summed E-state index contributed by atoms with van der Waals surface area (Å²) >= 11 is 6.00. The standard InChI is InChI=1S/C17H10ClNO5/c1-9-8-10(6-7-13(9)19(22)23)24-17-14(18)15(20)11-4-2-3-5-12(11)16(17)21/h2-8H,1H3. The van der Waals surface area contributed by atoms with Gasteiger partial charge in [0, 0.05) is 22.8 Å². The predicted octanol–water partition coefficient (Wildman–Crippen LogP) is 3.81. The highest BCUT2D eigenvalue weighted by Crippen LogP contribution is 2.31. The summed E-state index contributed by atoms with van der Waals surface area (Å²) in [4.78, 5) is 35.1. The van der Waals surface area contributed by atoms with Gasteiger partial charge in [0.2, 0.25) is 11.6 Å². The summed E-state index contributed by atoms with van der Waals surface area (Å²) in [7, 11) is 0. The van der Waals surface area contributed by atoms with Crippen LogP contribution in [-0.2, 0) is 0 Å². The van der Waals surface area contributed by atoms with E-state index in [1.54, 1.807) is 19.1 Å². The highest BCUT2D eigenvalue weighted by molar-refractivity contribution is 6.49. The number of nitro groups is 1. The molecule has 1 aliphatic carbocycles. The van der Waals surface area contributed by atoms with E-state index in [1.807, 2.05) is 0 Å². The zero-order valence-corrected chi connectivity index (χ0v) is 13.2. The summed E-state index contributed by atoms with van der Waals surface area (Å²) in [5.41, 5.74) is 0.725. The average Bonchev–Trinajstić information content (AvgIpc) is 2.56. The van der Waals surface area contributed by atoms with Crippen molar-refractivity contribution in [2.75, 3.05) is 0 Å². The second-order valence-corrected chi connectivity index (χ2v) is 5.53. The van der Waals surface area contributed by atoms with Crippen LogP contribution in [0.2, 0.25) is 0 Å². The lowest BCUT2D eigenvalue weighted by atomic mass is 9.93. The number of Topliss-reactive ketones (excluding diaryl/α,β-unsaturated/α-hetero) is 2. The van der Waals surface area contributed by atoms with E-state index in [9.17, 15) is 19.7 Å². The van der Waals surface area contributed by atoms with Crippen LogP contribution in [-0.4, -0.2) is 16.5 Å². The van der Waals surface area contributed by atoms with Crippen molar-refractivity contribution in [3.8, 4) is 5.75 Å². The third kappa shape index (κ3) is 2.57. The number of carbonyl (C=O) groups is 2. The normalized spacial score (nSPS) is 13.8. The number of hydrogen-bond acceptors (Lipinski definition) is 5. The fourth-order valence-corrected chi connectivity index (χ4v) is 2.65. The maximum Gasteiger partial charge on any atom is 0.272 e. The summed E-state index contributed by atoms with van der Waals surface area (Å²) in [6.07, 6.45) is 0. The molecule has 3 rings (SSSR count). The molecule has 24 heavy (non-hydrogen) atoms. The second-order valence-electron chi connectivity index (χ2n) is 5.15. The van der Waals surface area contributed by atoms with Gasteiger partial charge in [-0.05, 0) is 19.1 Å². The van der Waals surface area contributed by atoms with Gasteiger partial charge in [-0.3, -0.25) is 19.7 Å². The first-order chi connectivity index (χ1) is 11.4. The van der Waals surface area contributed by atoms with Gasteiger partial charge in [-0.2, -0.15) is 0 Å². The number of fused-ring (bicyclic) bond motifs is 1. The molecule has 0 unspecified atom stereocenters. The Hall–Kier alpha value is -2.99. The Morgan fingerprint density at radius 1 is 1.04 bits per heavy atom. The summed E-state index contributed by atoms with van der Waals surface area (Å²) < 4.78 is 5.48. The molecule has 0 heterocycles. The molecule has 2 aromatic carbocycles. The zero-order chi connectivity index (χ0) is 17.4. The van der Waals surface area contributed by atoms with Gasteiger partial charge >= 0.3 is 0 Å². The number of ketones is 2. The number of nitrogens with zero attached hydrogens (tertiary/aromatic N) is 1. The van der Waals surface area contributed by atoms with Crippen molar-refractivity contribution < 1.29 is 19.2 Å². The molecule has 6 nitrogen and oxygen atoms in total. The van der Waals surface area contributed by atoms with Crippen LogP contribution < -0.4 is 4.74 Å². The number of carbonyl (C=O) groups excluding carboxylic acids is 2. The number of rotatable bonds is 3. The molecule has 0 N–H and O–H groups in total. The summed E-state index contributed by atoms with van der Waals surface area (Å²) in [5.74, 6) is -1.10. The lowest BCUT2D eigenvalue weighted by Gasteiger charge is -2.18. The van der Waals surface area contributed by atoms with Crippen molar-refractivity contribution in [1.82, 2.24) is 0 Å². The minimum Gasteiger partial charge on any atom is -0.451 e. The van der Waals surface area contributed by atoms with Crippen LogP contribution in [0.1, 0.15) is 26.3 Å². The molecule has 0 atom stereocenters. The fraction of sp³-hybridized carbons (Fsp3) is 0.0588. The molecule has 0 aromatic heterocycles. The van der Waals surface area contributed by atoms with Crippen LogP contribution in [0, 0.1) is 17.0 Å². The average molecular weight is 344 g/mol. The molecule has 0 saturated carbocycles. The van der Waals surface area contributed by atoms with Gasteiger partial charge < -0.3 is 4.74 Å². The first kappa shape index (κ1) is 15.9. The van der Waals surface area contributed by atoms with Crippen molar-refractivity contribution >= 4 is 28.9 Å². The van der Waals surface area contributed by atoms with Gasteiger partial charge in [0.15, 0.2) is 5.76 Å². The van der Waals surface area contributed by atoms with Gasteiger partial charge in [-0.1, -0.05) is 35.9 Å². The number of allylic oxidation sites excluding steroid dienone is 2. The smallest absolute Gasteiger partial charge is 0.272 e. The number of ether oxygens (including phenoxy) is 1. The monoisotopic (exact) mass is 343 g/mol. The second kappa shape index (κ2) is 5.90. The largest absolute Gasteiger partial charge is 0.451 e. The van der Waals surface area contributed by atoms with Crippen molar-refractivity contribution in [1.29, 1.82) is 0 Å². The maximum absolute atomic E-state index is 12.5. The lowest BCUT2D eigenvalue weighted by Crippen LogP contribution is -2.23. The molecule has 0 spiro atoms. The van der Waals surface area contributed by atoms with E-state index < -0.39 is 16.5 Å². The Morgan fingerprint density at radius 2 is 1.67 bits per heavy atom. The number of benzene rings is 2. The van der Waals surface area contributed by atoms with E-state index in [4.69, 9.17) is 16.3 Å². The van der Waals surface area contributed by atoms with Crippen LogP contribution in [0.3, 0.4) is 0 Å². The molecule has 2 aromatic rings. The van der Waals surface area contributed by atoms with Gasteiger partial charge in [-0.25, -0.2) is 0 Å². The van der Waals surface area contributed by atoms with Crippen molar-refractivity contribution in [2.24, 2.45) is 0 Å². The van der Waals surface area contributed by atoms with Crippen LogP contribution in [0.15, 0.2) is 53.3 Å². The van der Waals surface area contributed by atoms with Crippen molar-refractivity contribution in [3.63, 3.8) is 0 Å². The minimum absolute atomic E-state index is 0.0705. The SMILES string of the molecule is Cc1cc(OC2=C(Cl)C(=O)c3ccccc3C2=O)ccc1[N+](=O)[O-]. The predicted molar refractivity (Wildman–Crippen MR) is 86.4 cm³/mol. The highest BCUT2D eigenvalue weighted by atomic mass is 35.5. The molecule has 0 aliphatic heterocycles. The topological polar surface area (TPSA) is 86.5 Å². The number of aryl methyl sites for hydroxylation is 1. The summed E-state index contributed by atoms with van der Waals surface area (Å²) in [6, 6.07) is 10.3. The maximum atomic E-state index is 12.5. The Morgan fingerprint density at radius 3 is 2.25 bits per heavy atom. The first-order valence-electron chi connectivity index (χ1n) is 6.91. The van der Waals surface area contributed by atoms with E-state index >= 15 is 0 Å². The number of halogens is 1. The molecular formula is C17H10ClNO5. The molecule has 7 heteroatoms. The summed E-state index contributed by atoms with van der Waals surface area (Å²) in [6.45, 7) is 1.55. The highest BCUT2D eigenvalue weighted by Gasteiger charge is 2.33. The number of hydrogen-bond donors (Lipinski definition) is 0. The third-order valence-electron chi connectivity index (χ3n) is 3.61. The molecule has 0 fully saturated rings. The van der Waals surface area contributed by atoms with Crippen LogP contribution in [0.25, 0.3) is 0 Å². The lowest BCUT2D eigenvalue weighted by molar-refractivity contribution is -0.385. The molecule has 0 amide bonds. The van der Waals surface area contributed by atoms with E-state index in [1.165, 1.54) is 30.3 Å². The third-order valence-corrected chi connectivity index (χ3v) is 3.95. The van der Waals surface area contributed by atoms with Gasteiger partial charge in [0.1, 0.15) is 10.8 Å². The first-order valence-corrected chi connectivity index (χ1v) is 7.29. The van der Waals surface area contributed by atoms with Crippen LogP contribution >= 0.6 is 11.6 Å². The van der Waals surface area contributed by atoms with E-state index in [0.29, 0.717) is 5.56 Å². The molecule has 0 saturated heterocycles. The summed E-state index contributed by atoms with van der Waals surface area (Å²) in [5, 5.41) is 10.5. The zero-order valence-electron chi connectivity index (χ0n) is 12.4. The Balaban J connectivity index is 2.00. The van der Waals surface area contributed by atoms with E-state index in [0.717, 1.165) is 0 Å². The molecule has 1 aliphatic rings.